The molecule has 6 nitrogen and oxygen atoms in total. The van der Waals surface area contributed by atoms with Gasteiger partial charge in [0.2, 0.25) is 0 Å². The van der Waals surface area contributed by atoms with E-state index in [0.717, 1.165) is 11.3 Å². The first kappa shape index (κ1) is 14.6. The Morgan fingerprint density at radius 1 is 1.61 bits per heavy atom. The third-order valence-electron chi connectivity index (χ3n) is 2.21. The average molecular weight is 272 g/mol. The third-order valence-corrected chi connectivity index (χ3v) is 3.55. The predicted molar refractivity (Wildman–Crippen MR) is 70.5 cm³/mol. The zero-order valence-electron chi connectivity index (χ0n) is 10.8. The normalized spacial score (nSPS) is 11.4. The van der Waals surface area contributed by atoms with E-state index in [1.165, 1.54) is 13.0 Å². The molecule has 7 heteroatoms. The van der Waals surface area contributed by atoms with Crippen LogP contribution in [0.2, 0.25) is 0 Å². The van der Waals surface area contributed by atoms with Crippen molar-refractivity contribution in [3.63, 3.8) is 0 Å². The van der Waals surface area contributed by atoms with E-state index in [0.29, 0.717) is 9.88 Å². The number of hydrogen-bond donors (Lipinski definition) is 1. The Hall–Kier alpha value is -1.47. The molecule has 0 saturated carbocycles. The first-order chi connectivity index (χ1) is 8.11. The van der Waals surface area contributed by atoms with Crippen LogP contribution in [0.4, 0.5) is 10.7 Å². The number of hydrogen-bond acceptors (Lipinski definition) is 6. The van der Waals surface area contributed by atoms with Crippen LogP contribution in [-0.4, -0.2) is 35.0 Å². The molecule has 0 bridgehead atoms. The fraction of sp³-hybridized carbons (Fsp3) is 0.545. The van der Waals surface area contributed by atoms with Gasteiger partial charge in [-0.25, -0.2) is 0 Å². The number of nitro groups is 1. The summed E-state index contributed by atoms with van der Waals surface area (Å²) in [5, 5.41) is 21.0. The Bertz CT molecular complexity index is 476. The standard InChI is InChI=1S/C11H16N2O4S/c1-7(14)9-5-8(13(16)17)10(18-9)12(4)6-11(2,3)15/h5,15H,6H2,1-4H3. The molecule has 0 aliphatic heterocycles. The van der Waals surface area contributed by atoms with Gasteiger partial charge in [-0.1, -0.05) is 0 Å². The second-order valence-electron chi connectivity index (χ2n) is 4.78. The molecular weight excluding hydrogens is 256 g/mol. The van der Waals surface area contributed by atoms with Crippen LogP contribution < -0.4 is 4.90 Å². The van der Waals surface area contributed by atoms with E-state index in [9.17, 15) is 20.0 Å². The molecule has 1 rings (SSSR count). The van der Waals surface area contributed by atoms with Crippen molar-refractivity contribution in [1.29, 1.82) is 0 Å². The number of anilines is 1. The van der Waals surface area contributed by atoms with Gasteiger partial charge in [0.15, 0.2) is 10.8 Å². The van der Waals surface area contributed by atoms with Gasteiger partial charge < -0.3 is 10.0 Å². The Balaban J connectivity index is 3.13. The summed E-state index contributed by atoms with van der Waals surface area (Å²) in [7, 11) is 1.65. The minimum absolute atomic E-state index is 0.100. The molecule has 1 aromatic heterocycles. The van der Waals surface area contributed by atoms with Crippen molar-refractivity contribution >= 4 is 27.8 Å². The Labute approximate surface area is 109 Å². The molecule has 1 N–H and O–H groups in total. The van der Waals surface area contributed by atoms with Crippen molar-refractivity contribution in [2.75, 3.05) is 18.5 Å². The predicted octanol–water partition coefficient (Wildman–Crippen LogP) is 2.07. The maximum Gasteiger partial charge on any atom is 0.304 e. The molecule has 18 heavy (non-hydrogen) atoms. The Morgan fingerprint density at radius 2 is 2.17 bits per heavy atom. The van der Waals surface area contributed by atoms with E-state index < -0.39 is 10.5 Å². The van der Waals surface area contributed by atoms with Gasteiger partial charge >= 0.3 is 5.69 Å². The summed E-state index contributed by atoms with van der Waals surface area (Å²) in [5.41, 5.74) is -1.07. The van der Waals surface area contributed by atoms with Crippen molar-refractivity contribution in [1.82, 2.24) is 0 Å². The molecule has 0 aliphatic rings. The zero-order chi connectivity index (χ0) is 14.1. The molecule has 0 radical (unpaired) electrons. The van der Waals surface area contributed by atoms with Crippen molar-refractivity contribution < 1.29 is 14.8 Å². The van der Waals surface area contributed by atoms with Crippen molar-refractivity contribution in [3.05, 3.63) is 21.1 Å². The Kier molecular flexibility index (Phi) is 4.08. The first-order valence-corrected chi connectivity index (χ1v) is 6.16. The summed E-state index contributed by atoms with van der Waals surface area (Å²) in [6, 6.07) is 1.28. The van der Waals surface area contributed by atoms with Crippen molar-refractivity contribution in [2.24, 2.45) is 0 Å². The third kappa shape index (κ3) is 3.51. The highest BCUT2D eigenvalue weighted by Crippen LogP contribution is 2.37. The molecule has 0 amide bonds. The minimum atomic E-state index is -0.969. The van der Waals surface area contributed by atoms with Gasteiger partial charge in [0, 0.05) is 19.7 Å². The SMILES string of the molecule is CC(=O)c1cc([N+](=O)[O-])c(N(C)CC(C)(C)O)s1. The fourth-order valence-electron chi connectivity index (χ4n) is 1.60. The second kappa shape index (κ2) is 5.03. The second-order valence-corrected chi connectivity index (χ2v) is 5.81. The number of ketones is 1. The number of nitrogens with zero attached hydrogens (tertiary/aromatic N) is 2. The summed E-state index contributed by atoms with van der Waals surface area (Å²) in [5.74, 6) is -0.203. The molecule has 0 unspecified atom stereocenters. The fourth-order valence-corrected chi connectivity index (χ4v) is 2.58. The molecule has 0 aromatic carbocycles. The summed E-state index contributed by atoms with van der Waals surface area (Å²) in [6.07, 6.45) is 0. The quantitative estimate of drug-likeness (QED) is 0.504. The Morgan fingerprint density at radius 3 is 2.56 bits per heavy atom. The highest BCUT2D eigenvalue weighted by Gasteiger charge is 2.26. The molecule has 0 aliphatic carbocycles. The van der Waals surface area contributed by atoms with E-state index in [-0.39, 0.29) is 18.0 Å². The van der Waals surface area contributed by atoms with E-state index in [2.05, 4.69) is 0 Å². The van der Waals surface area contributed by atoms with Crippen LogP contribution in [0, 0.1) is 10.1 Å². The van der Waals surface area contributed by atoms with E-state index in [4.69, 9.17) is 0 Å². The molecule has 0 saturated heterocycles. The molecular formula is C11H16N2O4S. The highest BCUT2D eigenvalue weighted by atomic mass is 32.1. The summed E-state index contributed by atoms with van der Waals surface area (Å²) in [4.78, 5) is 23.6. The van der Waals surface area contributed by atoms with Crippen LogP contribution in [0.3, 0.4) is 0 Å². The molecule has 1 heterocycles. The van der Waals surface area contributed by atoms with Crippen LogP contribution in [0.5, 0.6) is 0 Å². The van der Waals surface area contributed by atoms with Crippen LogP contribution in [0.25, 0.3) is 0 Å². The topological polar surface area (TPSA) is 83.7 Å². The number of carbonyl (C=O) groups is 1. The van der Waals surface area contributed by atoms with Crippen LogP contribution >= 0.6 is 11.3 Å². The van der Waals surface area contributed by atoms with Crippen LogP contribution in [-0.2, 0) is 0 Å². The largest absolute Gasteiger partial charge is 0.389 e. The number of likely N-dealkylation sites (N-methyl/N-ethyl adjacent to an activating group) is 1. The van der Waals surface area contributed by atoms with Crippen molar-refractivity contribution in [3.8, 4) is 0 Å². The first-order valence-electron chi connectivity index (χ1n) is 5.34. The lowest BCUT2D eigenvalue weighted by molar-refractivity contribution is -0.383. The van der Waals surface area contributed by atoms with Gasteiger partial charge in [-0.15, -0.1) is 11.3 Å². The van der Waals surface area contributed by atoms with Gasteiger partial charge in [0.25, 0.3) is 0 Å². The van der Waals surface area contributed by atoms with Crippen LogP contribution in [0.15, 0.2) is 6.07 Å². The number of carbonyl (C=O) groups excluding carboxylic acids is 1. The zero-order valence-corrected chi connectivity index (χ0v) is 11.6. The smallest absolute Gasteiger partial charge is 0.304 e. The number of aliphatic hydroxyl groups is 1. The molecule has 0 atom stereocenters. The van der Waals surface area contributed by atoms with Gasteiger partial charge in [-0.2, -0.15) is 0 Å². The van der Waals surface area contributed by atoms with E-state index in [1.807, 2.05) is 0 Å². The van der Waals surface area contributed by atoms with E-state index >= 15 is 0 Å². The van der Waals surface area contributed by atoms with Gasteiger partial charge in [0.05, 0.1) is 15.4 Å². The van der Waals surface area contributed by atoms with Crippen molar-refractivity contribution in [2.45, 2.75) is 26.4 Å². The van der Waals surface area contributed by atoms with Gasteiger partial charge in [0.1, 0.15) is 0 Å². The number of rotatable bonds is 5. The van der Waals surface area contributed by atoms with Gasteiger partial charge in [-0.3, -0.25) is 14.9 Å². The summed E-state index contributed by atoms with van der Waals surface area (Å²) >= 11 is 1.07. The lowest BCUT2D eigenvalue weighted by atomic mass is 10.1. The summed E-state index contributed by atoms with van der Waals surface area (Å²) in [6.45, 7) is 4.85. The lowest BCUT2D eigenvalue weighted by Crippen LogP contribution is -2.36. The highest BCUT2D eigenvalue weighted by molar-refractivity contribution is 7.18. The minimum Gasteiger partial charge on any atom is -0.389 e. The van der Waals surface area contributed by atoms with E-state index in [1.54, 1.807) is 25.8 Å². The average Bonchev–Trinajstić information content (AvgIpc) is 2.58. The number of thiophene rings is 1. The van der Waals surface area contributed by atoms with Gasteiger partial charge in [-0.05, 0) is 20.8 Å². The summed E-state index contributed by atoms with van der Waals surface area (Å²) < 4.78 is 0. The maximum atomic E-state index is 11.3. The monoisotopic (exact) mass is 272 g/mol. The molecule has 0 spiro atoms. The molecule has 0 fully saturated rings. The molecule has 100 valence electrons. The number of Topliss-reactive ketones (excluding diaryl/α,β-unsaturated/α-hetero) is 1. The van der Waals surface area contributed by atoms with Crippen LogP contribution in [0.1, 0.15) is 30.4 Å². The maximum absolute atomic E-state index is 11.3. The lowest BCUT2D eigenvalue weighted by Gasteiger charge is -2.25. The molecule has 1 aromatic rings.